The fraction of sp³-hybridized carbons (Fsp3) is 1.00. The standard InChI is InChI=1S/C4H14B5NO4/c5-1(6)3(9,11)14-4(12,13)2(7,8)10-1/h10-13H,5-9H2. The zero-order chi connectivity index (χ0) is 11.4. The first-order chi connectivity index (χ1) is 5.91. The summed E-state index contributed by atoms with van der Waals surface area (Å²) in [5, 5.41) is 30.1. The fourth-order valence-electron chi connectivity index (χ4n) is 1.51. The first kappa shape index (κ1) is 12.2. The van der Waals surface area contributed by atoms with Crippen LogP contribution in [0.1, 0.15) is 0 Å². The maximum atomic E-state index is 9.87. The van der Waals surface area contributed by atoms with Crippen LogP contribution in [0.25, 0.3) is 0 Å². The monoisotopic (exact) mass is 195 g/mol. The molecule has 14 heavy (non-hydrogen) atoms. The molecule has 0 aliphatic carbocycles. The van der Waals surface area contributed by atoms with Crippen molar-refractivity contribution in [3.63, 3.8) is 0 Å². The summed E-state index contributed by atoms with van der Waals surface area (Å²) in [5.74, 6) is -2.40. The van der Waals surface area contributed by atoms with Crippen LogP contribution in [0, 0.1) is 0 Å². The second-order valence-corrected chi connectivity index (χ2v) is 5.07. The summed E-state index contributed by atoms with van der Waals surface area (Å²) in [6, 6.07) is 0. The molecule has 0 radical (unpaired) electrons. The number of hydrogen-bond donors (Lipinski definition) is 4. The lowest BCUT2D eigenvalue weighted by Gasteiger charge is -2.57. The number of nitrogens with one attached hydrogen (secondary N) is 1. The van der Waals surface area contributed by atoms with Crippen LogP contribution in [-0.2, 0) is 4.74 Å². The number of morpholine rings is 1. The number of ether oxygens (including phenoxy) is 1. The highest BCUT2D eigenvalue weighted by Crippen LogP contribution is 2.31. The SMILES string of the molecule is BC1(B)NC(B)(B)C(O)(O)OC1(B)O. The molecular formula is C4H14B5NO4. The van der Waals surface area contributed by atoms with Crippen molar-refractivity contribution in [3.05, 3.63) is 0 Å². The smallest absolute Gasteiger partial charge is 0.282 e. The van der Waals surface area contributed by atoms with E-state index in [4.69, 9.17) is 4.74 Å². The average molecular weight is 194 g/mol. The van der Waals surface area contributed by atoms with Gasteiger partial charge in [0, 0.05) is 10.7 Å². The van der Waals surface area contributed by atoms with Gasteiger partial charge in [-0.2, -0.15) is 0 Å². The van der Waals surface area contributed by atoms with E-state index in [1.54, 1.807) is 31.4 Å². The van der Waals surface area contributed by atoms with Gasteiger partial charge < -0.3 is 25.4 Å². The predicted molar refractivity (Wildman–Crippen MR) is 64.5 cm³/mol. The molecule has 0 saturated carbocycles. The largest absolute Gasteiger partial charge is 0.373 e. The third-order valence-corrected chi connectivity index (χ3v) is 2.94. The van der Waals surface area contributed by atoms with E-state index in [-0.39, 0.29) is 0 Å². The van der Waals surface area contributed by atoms with Gasteiger partial charge in [-0.05, 0) is 0 Å². The van der Waals surface area contributed by atoms with Crippen LogP contribution in [0.4, 0.5) is 0 Å². The van der Waals surface area contributed by atoms with E-state index in [1.165, 1.54) is 7.85 Å². The Morgan fingerprint density at radius 3 is 1.64 bits per heavy atom. The number of hydrogen-bond acceptors (Lipinski definition) is 5. The molecule has 1 rings (SSSR count). The molecule has 0 spiro atoms. The van der Waals surface area contributed by atoms with Gasteiger partial charge in [-0.3, -0.25) is 0 Å². The van der Waals surface area contributed by atoms with Crippen LogP contribution in [0.15, 0.2) is 0 Å². The fourth-order valence-corrected chi connectivity index (χ4v) is 1.51. The molecule has 0 aromatic heterocycles. The Balaban J connectivity index is 3.07. The third-order valence-electron chi connectivity index (χ3n) is 2.94. The van der Waals surface area contributed by atoms with Crippen molar-refractivity contribution in [1.82, 2.24) is 5.32 Å². The van der Waals surface area contributed by atoms with Crippen LogP contribution in [0.5, 0.6) is 0 Å². The molecule has 4 N–H and O–H groups in total. The molecule has 1 saturated heterocycles. The second kappa shape index (κ2) is 2.83. The summed E-state index contributed by atoms with van der Waals surface area (Å²) in [4.78, 5) is 0. The molecule has 10 heteroatoms. The van der Waals surface area contributed by atoms with E-state index in [0.29, 0.717) is 0 Å². The molecule has 1 atom stereocenters. The maximum Gasteiger partial charge on any atom is 0.282 e. The van der Waals surface area contributed by atoms with E-state index in [2.05, 4.69) is 5.32 Å². The van der Waals surface area contributed by atoms with Crippen molar-refractivity contribution in [1.29, 1.82) is 0 Å². The van der Waals surface area contributed by atoms with Crippen molar-refractivity contribution in [2.75, 3.05) is 0 Å². The minimum atomic E-state index is -2.40. The number of aliphatic hydroxyl groups is 3. The summed E-state index contributed by atoms with van der Waals surface area (Å²) >= 11 is 0. The Morgan fingerprint density at radius 1 is 0.857 bits per heavy atom. The third kappa shape index (κ3) is 1.65. The molecule has 1 heterocycles. The van der Waals surface area contributed by atoms with Crippen molar-refractivity contribution < 1.29 is 20.1 Å². The zero-order valence-corrected chi connectivity index (χ0v) is 9.25. The van der Waals surface area contributed by atoms with Gasteiger partial charge in [0.05, 0.1) is 0 Å². The van der Waals surface area contributed by atoms with Gasteiger partial charge >= 0.3 is 0 Å². The molecule has 1 aliphatic rings. The van der Waals surface area contributed by atoms with Crippen LogP contribution in [-0.4, -0.2) is 76.9 Å². The van der Waals surface area contributed by atoms with Crippen molar-refractivity contribution in [2.45, 2.75) is 22.3 Å². The normalized spacial score (nSPS) is 39.1. The highest BCUT2D eigenvalue weighted by atomic mass is 16.8. The predicted octanol–water partition coefficient (Wildman–Crippen LogP) is -7.64. The summed E-state index contributed by atoms with van der Waals surface area (Å²) in [7, 11) is 8.01. The van der Waals surface area contributed by atoms with Gasteiger partial charge in [-0.15, -0.1) is 0 Å². The molecule has 0 aromatic rings. The molecule has 1 fully saturated rings. The molecule has 0 amide bonds. The van der Waals surface area contributed by atoms with Gasteiger partial charge in [0.25, 0.3) is 5.97 Å². The summed E-state index contributed by atoms with van der Waals surface area (Å²) in [6.07, 6.45) is 0. The lowest BCUT2D eigenvalue weighted by atomic mass is 9.46. The minimum absolute atomic E-state index is 0.772. The summed E-state index contributed by atoms with van der Waals surface area (Å²) < 4.78 is 4.90. The zero-order valence-electron chi connectivity index (χ0n) is 9.25. The Bertz CT molecular complexity index is 204. The van der Waals surface area contributed by atoms with Crippen molar-refractivity contribution >= 4 is 39.2 Å². The molecular weight excluding hydrogens is 180 g/mol. The summed E-state index contributed by atoms with van der Waals surface area (Å²) in [5.41, 5.74) is -1.65. The topological polar surface area (TPSA) is 82.0 Å². The molecule has 1 aliphatic heterocycles. The van der Waals surface area contributed by atoms with E-state index in [1.807, 2.05) is 0 Å². The number of rotatable bonds is 0. The van der Waals surface area contributed by atoms with Crippen molar-refractivity contribution in [3.8, 4) is 0 Å². The van der Waals surface area contributed by atoms with Gasteiger partial charge in [0.15, 0.2) is 7.85 Å². The van der Waals surface area contributed by atoms with E-state index < -0.39 is 22.3 Å². The summed E-state index contributed by atoms with van der Waals surface area (Å²) in [6.45, 7) is 0. The average Bonchev–Trinajstić information content (AvgIpc) is 1.78. The molecule has 0 aromatic carbocycles. The highest BCUT2D eigenvalue weighted by Gasteiger charge is 2.58. The molecule has 1 unspecified atom stereocenters. The molecule has 74 valence electrons. The van der Waals surface area contributed by atoms with Gasteiger partial charge in [-0.25, -0.2) is 0 Å². The Kier molecular flexibility index (Phi) is 2.46. The lowest BCUT2D eigenvalue weighted by Crippen LogP contribution is -2.84. The van der Waals surface area contributed by atoms with Crippen LogP contribution in [0.3, 0.4) is 0 Å². The highest BCUT2D eigenvalue weighted by molar-refractivity contribution is 6.47. The van der Waals surface area contributed by atoms with Gasteiger partial charge in [-0.1, -0.05) is 0 Å². The van der Waals surface area contributed by atoms with Gasteiger partial charge in [0.1, 0.15) is 37.1 Å². The Hall–Kier alpha value is 0.125. The Labute approximate surface area is 87.6 Å². The lowest BCUT2D eigenvalue weighted by molar-refractivity contribution is -0.424. The second-order valence-electron chi connectivity index (χ2n) is 5.07. The van der Waals surface area contributed by atoms with Crippen LogP contribution < -0.4 is 5.32 Å². The quantitative estimate of drug-likeness (QED) is 0.227. The van der Waals surface area contributed by atoms with Gasteiger partial charge in [0.2, 0.25) is 0 Å². The van der Waals surface area contributed by atoms with Crippen LogP contribution >= 0.6 is 0 Å². The van der Waals surface area contributed by atoms with E-state index in [0.717, 1.165) is 0 Å². The van der Waals surface area contributed by atoms with Crippen molar-refractivity contribution in [2.24, 2.45) is 0 Å². The van der Waals surface area contributed by atoms with Crippen LogP contribution in [0.2, 0.25) is 0 Å². The molecule has 5 nitrogen and oxygen atoms in total. The minimum Gasteiger partial charge on any atom is -0.373 e. The Morgan fingerprint density at radius 2 is 1.29 bits per heavy atom. The van der Waals surface area contributed by atoms with E-state index >= 15 is 0 Å². The maximum absolute atomic E-state index is 9.87. The first-order valence-corrected chi connectivity index (χ1v) is 4.58. The molecule has 0 bridgehead atoms. The first-order valence-electron chi connectivity index (χ1n) is 4.58. The van der Waals surface area contributed by atoms with E-state index in [9.17, 15) is 15.3 Å².